The molecule has 62 valence electrons. The molecule has 0 aliphatic rings. The maximum atomic E-state index is 5.30. The molecule has 0 saturated heterocycles. The molecule has 1 aromatic heterocycles. The molecule has 0 amide bonds. The standard InChI is InChI=1S/C5H10N4OS/c1-10-3-2-7-5-8-4(6)9-11-5/h2-3H2,1H3,(H3,6,7,8,9). The molecule has 11 heavy (non-hydrogen) atoms. The maximum Gasteiger partial charge on any atom is 0.233 e. The fourth-order valence-corrected chi connectivity index (χ4v) is 1.09. The zero-order valence-electron chi connectivity index (χ0n) is 6.20. The molecule has 0 unspecified atom stereocenters. The van der Waals surface area contributed by atoms with Gasteiger partial charge in [-0.05, 0) is 0 Å². The highest BCUT2D eigenvalue weighted by atomic mass is 32.1. The van der Waals surface area contributed by atoms with E-state index in [1.807, 2.05) is 0 Å². The monoisotopic (exact) mass is 174 g/mol. The highest BCUT2D eigenvalue weighted by Gasteiger charge is 1.97. The van der Waals surface area contributed by atoms with E-state index in [-0.39, 0.29) is 0 Å². The molecular formula is C5H10N4OS. The number of ether oxygens (including phenoxy) is 1. The van der Waals surface area contributed by atoms with E-state index in [0.717, 1.165) is 11.7 Å². The van der Waals surface area contributed by atoms with Crippen LogP contribution in [0.15, 0.2) is 0 Å². The second-order valence-corrected chi connectivity index (χ2v) is 2.63. The minimum Gasteiger partial charge on any atom is -0.383 e. The normalized spacial score (nSPS) is 9.91. The Kier molecular flexibility index (Phi) is 3.06. The molecule has 0 fully saturated rings. The van der Waals surface area contributed by atoms with Crippen molar-refractivity contribution in [3.8, 4) is 0 Å². The number of nitrogens with one attached hydrogen (secondary N) is 1. The van der Waals surface area contributed by atoms with Crippen LogP contribution in [-0.2, 0) is 4.74 Å². The Balaban J connectivity index is 2.27. The number of anilines is 2. The van der Waals surface area contributed by atoms with Gasteiger partial charge in [0.25, 0.3) is 0 Å². The molecule has 0 radical (unpaired) electrons. The molecule has 3 N–H and O–H groups in total. The number of hydrogen-bond acceptors (Lipinski definition) is 6. The van der Waals surface area contributed by atoms with E-state index >= 15 is 0 Å². The van der Waals surface area contributed by atoms with Gasteiger partial charge < -0.3 is 15.8 Å². The van der Waals surface area contributed by atoms with Crippen LogP contribution in [0.5, 0.6) is 0 Å². The highest BCUT2D eigenvalue weighted by Crippen LogP contribution is 2.10. The van der Waals surface area contributed by atoms with E-state index in [1.165, 1.54) is 11.5 Å². The Morgan fingerprint density at radius 1 is 1.73 bits per heavy atom. The Hall–Kier alpha value is -0.880. The van der Waals surface area contributed by atoms with Gasteiger partial charge in [0.15, 0.2) is 0 Å². The van der Waals surface area contributed by atoms with E-state index in [2.05, 4.69) is 14.7 Å². The number of aromatic nitrogens is 2. The summed E-state index contributed by atoms with van der Waals surface area (Å²) in [6.45, 7) is 1.38. The van der Waals surface area contributed by atoms with Gasteiger partial charge in [-0.1, -0.05) is 0 Å². The first-order valence-electron chi connectivity index (χ1n) is 3.15. The van der Waals surface area contributed by atoms with E-state index in [0.29, 0.717) is 12.6 Å². The van der Waals surface area contributed by atoms with Gasteiger partial charge in [0.1, 0.15) is 0 Å². The van der Waals surface area contributed by atoms with Crippen molar-refractivity contribution in [2.75, 3.05) is 31.3 Å². The summed E-state index contributed by atoms with van der Waals surface area (Å²) in [6.07, 6.45) is 0. The van der Waals surface area contributed by atoms with Crippen LogP contribution in [0.3, 0.4) is 0 Å². The SMILES string of the molecule is COCCNc1nc(N)ns1. The molecule has 0 aromatic carbocycles. The Morgan fingerprint density at radius 2 is 2.55 bits per heavy atom. The summed E-state index contributed by atoms with van der Waals surface area (Å²) in [6, 6.07) is 0. The van der Waals surface area contributed by atoms with Crippen LogP contribution >= 0.6 is 11.5 Å². The maximum absolute atomic E-state index is 5.30. The topological polar surface area (TPSA) is 73.1 Å². The Morgan fingerprint density at radius 3 is 3.09 bits per heavy atom. The molecule has 5 nitrogen and oxygen atoms in total. The summed E-state index contributed by atoms with van der Waals surface area (Å²) in [5, 5.41) is 3.74. The third kappa shape index (κ3) is 2.69. The summed E-state index contributed by atoms with van der Waals surface area (Å²) in [5.41, 5.74) is 5.30. The lowest BCUT2D eigenvalue weighted by atomic mass is 10.7. The van der Waals surface area contributed by atoms with Crippen LogP contribution in [0.2, 0.25) is 0 Å². The average Bonchev–Trinajstić information content (AvgIpc) is 2.37. The fraction of sp³-hybridized carbons (Fsp3) is 0.600. The number of methoxy groups -OCH3 is 1. The second-order valence-electron chi connectivity index (χ2n) is 1.88. The van der Waals surface area contributed by atoms with Crippen molar-refractivity contribution in [3.05, 3.63) is 0 Å². The molecule has 0 atom stereocenters. The summed E-state index contributed by atoms with van der Waals surface area (Å²) >= 11 is 1.25. The van der Waals surface area contributed by atoms with E-state index in [1.54, 1.807) is 7.11 Å². The first-order chi connectivity index (χ1) is 5.33. The third-order valence-corrected chi connectivity index (χ3v) is 1.71. The van der Waals surface area contributed by atoms with Crippen LogP contribution in [0, 0.1) is 0 Å². The predicted octanol–water partition coefficient (Wildman–Crippen LogP) is 0.179. The van der Waals surface area contributed by atoms with Crippen LogP contribution in [0.25, 0.3) is 0 Å². The Bertz CT molecular complexity index is 214. The van der Waals surface area contributed by atoms with Gasteiger partial charge in [-0.25, -0.2) is 0 Å². The van der Waals surface area contributed by atoms with Crippen molar-refractivity contribution in [1.82, 2.24) is 9.36 Å². The first kappa shape index (κ1) is 8.22. The van der Waals surface area contributed by atoms with Gasteiger partial charge in [-0.15, -0.1) is 0 Å². The van der Waals surface area contributed by atoms with E-state index in [9.17, 15) is 0 Å². The van der Waals surface area contributed by atoms with Gasteiger partial charge in [0.2, 0.25) is 11.1 Å². The Labute approximate surface area is 68.8 Å². The summed E-state index contributed by atoms with van der Waals surface area (Å²) in [7, 11) is 1.65. The lowest BCUT2D eigenvalue weighted by Gasteiger charge is -1.98. The van der Waals surface area contributed by atoms with Gasteiger partial charge in [0.05, 0.1) is 6.61 Å². The zero-order valence-corrected chi connectivity index (χ0v) is 7.02. The van der Waals surface area contributed by atoms with Gasteiger partial charge >= 0.3 is 0 Å². The molecule has 0 spiro atoms. The van der Waals surface area contributed by atoms with Gasteiger partial charge in [0, 0.05) is 25.2 Å². The summed E-state index contributed by atoms with van der Waals surface area (Å²) in [4.78, 5) is 3.90. The van der Waals surface area contributed by atoms with Crippen molar-refractivity contribution < 1.29 is 4.74 Å². The fourth-order valence-electron chi connectivity index (χ4n) is 0.567. The van der Waals surface area contributed by atoms with Crippen molar-refractivity contribution >= 4 is 22.6 Å². The molecule has 6 heteroatoms. The zero-order chi connectivity index (χ0) is 8.10. The summed E-state index contributed by atoms with van der Waals surface area (Å²) < 4.78 is 8.63. The number of nitrogens with two attached hydrogens (primary N) is 1. The lowest BCUT2D eigenvalue weighted by Crippen LogP contribution is -2.07. The van der Waals surface area contributed by atoms with Gasteiger partial charge in [-0.3, -0.25) is 0 Å². The molecule has 0 bridgehead atoms. The second kappa shape index (κ2) is 4.09. The predicted molar refractivity (Wildman–Crippen MR) is 44.7 cm³/mol. The molecule has 1 aromatic rings. The minimum absolute atomic E-state index is 0.315. The largest absolute Gasteiger partial charge is 0.383 e. The number of nitrogen functional groups attached to an aromatic ring is 1. The smallest absolute Gasteiger partial charge is 0.233 e. The third-order valence-electron chi connectivity index (χ3n) is 1.02. The molecule has 0 aliphatic carbocycles. The van der Waals surface area contributed by atoms with E-state index in [4.69, 9.17) is 10.5 Å². The van der Waals surface area contributed by atoms with Crippen LogP contribution < -0.4 is 11.1 Å². The van der Waals surface area contributed by atoms with Crippen LogP contribution in [0.1, 0.15) is 0 Å². The minimum atomic E-state index is 0.315. The van der Waals surface area contributed by atoms with Crippen LogP contribution in [0.4, 0.5) is 11.1 Å². The quantitative estimate of drug-likeness (QED) is 0.637. The lowest BCUT2D eigenvalue weighted by molar-refractivity contribution is 0.211. The molecular weight excluding hydrogens is 164 g/mol. The molecule has 1 heterocycles. The van der Waals surface area contributed by atoms with Gasteiger partial charge in [-0.2, -0.15) is 9.36 Å². The van der Waals surface area contributed by atoms with Crippen LogP contribution in [-0.4, -0.2) is 29.6 Å². The number of hydrogen-bond donors (Lipinski definition) is 2. The van der Waals surface area contributed by atoms with E-state index < -0.39 is 0 Å². The van der Waals surface area contributed by atoms with Crippen molar-refractivity contribution in [3.63, 3.8) is 0 Å². The summed E-state index contributed by atoms with van der Waals surface area (Å²) in [5.74, 6) is 0.315. The highest BCUT2D eigenvalue weighted by molar-refractivity contribution is 7.09. The van der Waals surface area contributed by atoms with Crippen molar-refractivity contribution in [2.45, 2.75) is 0 Å². The first-order valence-corrected chi connectivity index (χ1v) is 3.92. The molecule has 0 saturated carbocycles. The average molecular weight is 174 g/mol. The van der Waals surface area contributed by atoms with Crippen molar-refractivity contribution in [1.29, 1.82) is 0 Å². The van der Waals surface area contributed by atoms with Crippen molar-refractivity contribution in [2.24, 2.45) is 0 Å². The molecule has 1 rings (SSSR count). The molecule has 0 aliphatic heterocycles. The number of nitrogens with zero attached hydrogens (tertiary/aromatic N) is 2. The number of rotatable bonds is 4.